The molecule has 1 unspecified atom stereocenters. The summed E-state index contributed by atoms with van der Waals surface area (Å²) in [7, 11) is -4.53. The summed E-state index contributed by atoms with van der Waals surface area (Å²) in [6, 6.07) is 0. The fourth-order valence-corrected chi connectivity index (χ4v) is 6.91. The van der Waals surface area contributed by atoms with Crippen molar-refractivity contribution in [2.45, 2.75) is 214 Å². The molecule has 1 amide bonds. The quantitative estimate of drug-likeness (QED) is 0.0203. The minimum Gasteiger partial charge on any atom is -0.462 e. The first-order chi connectivity index (χ1) is 27.6. The fourth-order valence-electron chi connectivity index (χ4n) is 6.16. The van der Waals surface area contributed by atoms with Gasteiger partial charge in [0, 0.05) is 25.5 Å². The zero-order chi connectivity index (χ0) is 42.1. The third kappa shape index (κ3) is 41.7. The number of amides is 1. The molecule has 0 saturated heterocycles. The second-order valence-electron chi connectivity index (χ2n) is 15.6. The maximum absolute atomic E-state index is 12.7. The van der Waals surface area contributed by atoms with Gasteiger partial charge in [-0.3, -0.25) is 23.4 Å². The zero-order valence-electron chi connectivity index (χ0n) is 36.8. The molecule has 0 radical (unpaired) electrons. The molecule has 0 aromatic heterocycles. The van der Waals surface area contributed by atoms with Gasteiger partial charge in [0.15, 0.2) is 6.10 Å². The molecule has 0 saturated carbocycles. The van der Waals surface area contributed by atoms with Crippen molar-refractivity contribution < 1.29 is 42.4 Å². The minimum absolute atomic E-state index is 0.00113. The first-order valence-electron chi connectivity index (χ1n) is 22.8. The van der Waals surface area contributed by atoms with E-state index >= 15 is 0 Å². The molecular weight excluding hydrogens is 741 g/mol. The van der Waals surface area contributed by atoms with Crippen molar-refractivity contribution >= 4 is 25.7 Å². The maximum Gasteiger partial charge on any atom is 0.472 e. The van der Waals surface area contributed by atoms with Gasteiger partial charge < -0.3 is 19.7 Å². The van der Waals surface area contributed by atoms with Gasteiger partial charge in [0.05, 0.1) is 13.2 Å². The van der Waals surface area contributed by atoms with Crippen LogP contribution in [0.4, 0.5) is 0 Å². The van der Waals surface area contributed by atoms with E-state index in [0.717, 1.165) is 76.2 Å². The molecule has 0 rings (SSSR count). The Balaban J connectivity index is 4.50. The summed E-state index contributed by atoms with van der Waals surface area (Å²) in [6.45, 7) is 7.01. The molecule has 0 aliphatic carbocycles. The van der Waals surface area contributed by atoms with Crippen molar-refractivity contribution in [1.82, 2.24) is 5.32 Å². The lowest BCUT2D eigenvalue weighted by atomic mass is 10.1. The van der Waals surface area contributed by atoms with Crippen LogP contribution in [0.2, 0.25) is 0 Å². The summed E-state index contributed by atoms with van der Waals surface area (Å²) in [6.07, 6.45) is 40.1. The molecular formula is C46H84NO9P. The highest BCUT2D eigenvalue weighted by Crippen LogP contribution is 2.43. The van der Waals surface area contributed by atoms with Crippen LogP contribution in [0, 0.1) is 0 Å². The number of rotatable bonds is 41. The van der Waals surface area contributed by atoms with E-state index in [1.54, 1.807) is 13.8 Å². The lowest BCUT2D eigenvalue weighted by Gasteiger charge is -2.20. The number of unbranched alkanes of at least 4 members (excludes halogenated alkanes) is 22. The molecule has 10 nitrogen and oxygen atoms in total. The summed E-state index contributed by atoms with van der Waals surface area (Å²) in [5, 5.41) is 2.55. The third-order valence-corrected chi connectivity index (χ3v) is 10.5. The van der Waals surface area contributed by atoms with Gasteiger partial charge in [-0.05, 0) is 78.1 Å². The molecule has 0 spiro atoms. The Morgan fingerprint density at radius 3 is 1.46 bits per heavy atom. The second-order valence-corrected chi connectivity index (χ2v) is 17.0. The lowest BCUT2D eigenvalue weighted by Crippen LogP contribution is -2.30. The normalized spacial score (nSPS) is 13.1. The Morgan fingerprint density at radius 1 is 0.579 bits per heavy atom. The van der Waals surface area contributed by atoms with Crippen molar-refractivity contribution in [3.05, 3.63) is 36.0 Å². The van der Waals surface area contributed by atoms with Crippen LogP contribution in [0.25, 0.3) is 0 Å². The zero-order valence-corrected chi connectivity index (χ0v) is 37.6. The highest BCUT2D eigenvalue weighted by atomic mass is 31.2. The van der Waals surface area contributed by atoms with Gasteiger partial charge in [-0.15, -0.1) is 0 Å². The van der Waals surface area contributed by atoms with Crippen molar-refractivity contribution in [3.63, 3.8) is 0 Å². The van der Waals surface area contributed by atoms with E-state index in [-0.39, 0.29) is 38.5 Å². The Bertz CT molecular complexity index is 1120. The average molecular weight is 826 g/mol. The number of phosphoric acid groups is 1. The predicted molar refractivity (Wildman–Crippen MR) is 234 cm³/mol. The second kappa shape index (κ2) is 40.5. The Labute approximate surface area is 348 Å². The van der Waals surface area contributed by atoms with Crippen LogP contribution in [0.1, 0.15) is 207 Å². The monoisotopic (exact) mass is 826 g/mol. The Hall–Kier alpha value is -2.26. The number of esters is 2. The number of nitrogens with one attached hydrogen (secondary N) is 1. The Kier molecular flexibility index (Phi) is 38.9. The largest absolute Gasteiger partial charge is 0.472 e. The van der Waals surface area contributed by atoms with E-state index in [0.29, 0.717) is 12.8 Å². The number of phosphoric ester groups is 1. The van der Waals surface area contributed by atoms with Crippen LogP contribution >= 0.6 is 7.82 Å². The molecule has 0 aliphatic rings. The van der Waals surface area contributed by atoms with Gasteiger partial charge in [0.2, 0.25) is 5.91 Å². The van der Waals surface area contributed by atoms with Crippen LogP contribution in [0.5, 0.6) is 0 Å². The van der Waals surface area contributed by atoms with Crippen LogP contribution in [-0.2, 0) is 37.5 Å². The van der Waals surface area contributed by atoms with E-state index in [2.05, 4.69) is 43.5 Å². The minimum atomic E-state index is -4.53. The average Bonchev–Trinajstić information content (AvgIpc) is 3.17. The van der Waals surface area contributed by atoms with Gasteiger partial charge in [-0.25, -0.2) is 4.57 Å². The predicted octanol–water partition coefficient (Wildman–Crippen LogP) is 12.7. The van der Waals surface area contributed by atoms with Gasteiger partial charge in [0.1, 0.15) is 6.61 Å². The van der Waals surface area contributed by atoms with Crippen LogP contribution in [0.15, 0.2) is 36.0 Å². The summed E-state index contributed by atoms with van der Waals surface area (Å²) in [5.74, 6) is -1.24. The highest BCUT2D eigenvalue weighted by molar-refractivity contribution is 7.47. The van der Waals surface area contributed by atoms with E-state index < -0.39 is 32.5 Å². The molecule has 2 N–H and O–H groups in total. The van der Waals surface area contributed by atoms with Crippen molar-refractivity contribution in [2.75, 3.05) is 26.4 Å². The lowest BCUT2D eigenvalue weighted by molar-refractivity contribution is -0.161. The molecule has 0 aliphatic heterocycles. The number of allylic oxidation sites excluding steroid dienone is 5. The molecule has 0 bridgehead atoms. The molecule has 2 atom stereocenters. The van der Waals surface area contributed by atoms with E-state index in [1.165, 1.54) is 89.5 Å². The standard InChI is InChI=1S/C46H84NO9P/c1-5-7-9-11-13-15-17-19-21-23-25-27-29-31-33-35-45(49)53-40-43(41-55-57(51,52)54-38-37-47-44(48)39-42(3)4)56-46(50)36-34-32-30-28-26-24-22-20-18-16-14-12-10-8-6-2/h19-22,39,43H,5-18,23-38,40-41H2,1-4H3,(H,47,48)(H,51,52)/t43-/m1/s1. The van der Waals surface area contributed by atoms with Crippen LogP contribution < -0.4 is 5.32 Å². The molecule has 0 heterocycles. The SMILES string of the molecule is CCCCCCCCC=CCCCCCCCC(=O)OC[C@H](COP(=O)(O)OCCNC(=O)C=C(C)C)OC(=O)CCCCCCCC=CCCCCCCCC. The topological polar surface area (TPSA) is 137 Å². The van der Waals surface area contributed by atoms with Crippen molar-refractivity contribution in [1.29, 1.82) is 0 Å². The number of hydrogen-bond donors (Lipinski definition) is 2. The number of hydrogen-bond acceptors (Lipinski definition) is 8. The van der Waals surface area contributed by atoms with Gasteiger partial charge in [0.25, 0.3) is 0 Å². The number of ether oxygens (including phenoxy) is 2. The summed E-state index contributed by atoms with van der Waals surface area (Å²) < 4.78 is 33.5. The van der Waals surface area contributed by atoms with Crippen LogP contribution in [-0.4, -0.2) is 55.2 Å². The smallest absolute Gasteiger partial charge is 0.462 e. The Morgan fingerprint density at radius 2 is 1.00 bits per heavy atom. The van der Waals surface area contributed by atoms with E-state index in [1.807, 2.05) is 0 Å². The molecule has 0 fully saturated rings. The molecule has 0 aromatic carbocycles. The van der Waals surface area contributed by atoms with E-state index in [4.69, 9.17) is 18.5 Å². The third-order valence-electron chi connectivity index (χ3n) is 9.51. The molecule has 0 aromatic rings. The van der Waals surface area contributed by atoms with Crippen molar-refractivity contribution in [3.8, 4) is 0 Å². The van der Waals surface area contributed by atoms with Crippen LogP contribution in [0.3, 0.4) is 0 Å². The van der Waals surface area contributed by atoms with E-state index in [9.17, 15) is 23.8 Å². The highest BCUT2D eigenvalue weighted by Gasteiger charge is 2.26. The van der Waals surface area contributed by atoms with Gasteiger partial charge >= 0.3 is 19.8 Å². The summed E-state index contributed by atoms with van der Waals surface area (Å²) >= 11 is 0. The molecule has 11 heteroatoms. The fraction of sp³-hybridized carbons (Fsp3) is 0.804. The summed E-state index contributed by atoms with van der Waals surface area (Å²) in [5.41, 5.74) is 0.816. The van der Waals surface area contributed by atoms with Crippen molar-refractivity contribution in [2.24, 2.45) is 0 Å². The maximum atomic E-state index is 12.7. The number of carbonyl (C=O) groups excluding carboxylic acids is 3. The number of carbonyl (C=O) groups is 3. The summed E-state index contributed by atoms with van der Waals surface area (Å²) in [4.78, 5) is 47.1. The van der Waals surface area contributed by atoms with Gasteiger partial charge in [-0.2, -0.15) is 0 Å². The van der Waals surface area contributed by atoms with Gasteiger partial charge in [-0.1, -0.05) is 146 Å². The molecule has 332 valence electrons. The molecule has 57 heavy (non-hydrogen) atoms. The first-order valence-corrected chi connectivity index (χ1v) is 24.3. The first kappa shape index (κ1) is 54.7.